The largest absolute Gasteiger partial charge is 0.416 e. The maximum Gasteiger partial charge on any atom is 0.416 e. The van der Waals surface area contributed by atoms with Gasteiger partial charge >= 0.3 is 55.5 Å². The first-order valence-electron chi connectivity index (χ1n) is 21.9. The van der Waals surface area contributed by atoms with E-state index in [1.807, 2.05) is 0 Å². The molecule has 6 aromatic carbocycles. The molecule has 0 saturated carbocycles. The number of carbonyl (C=O) groups is 1. The Kier molecular flexibility index (Phi) is 16.7. The average Bonchev–Trinajstić information content (AvgIpc) is 2.87. The van der Waals surface area contributed by atoms with Crippen LogP contribution in [0.25, 0.3) is 16.7 Å². The fraction of sp³-hybridized carbons (Fsp3) is 0.176. The fourth-order valence-electron chi connectivity index (χ4n) is 8.65. The number of para-hydroxylation sites is 1. The summed E-state index contributed by atoms with van der Waals surface area (Å²) in [5, 5.41) is 0.731. The summed E-state index contributed by atoms with van der Waals surface area (Å²) in [7, 11) is 0. The third-order valence-electron chi connectivity index (χ3n) is 12.2. The van der Waals surface area contributed by atoms with Gasteiger partial charge in [-0.15, -0.1) is 0 Å². The third-order valence-corrected chi connectivity index (χ3v) is 12.2. The van der Waals surface area contributed by atoms with Gasteiger partial charge in [0.15, 0.2) is 0 Å². The van der Waals surface area contributed by atoms with Crippen LogP contribution in [-0.2, 0) is 56.0 Å². The molecule has 0 aliphatic rings. The molecule has 7 aromatic rings. The summed E-state index contributed by atoms with van der Waals surface area (Å²) in [6.07, 6.45) is -57.2. The van der Waals surface area contributed by atoms with E-state index in [-0.39, 0.29) is 18.0 Å². The maximum absolute atomic E-state index is 14.2. The molecule has 0 saturated heterocycles. The lowest BCUT2D eigenvalue weighted by Crippen LogP contribution is -2.75. The molecular formula is C51H25BF27NO. The minimum Gasteiger partial charge on any atom is -0.287 e. The van der Waals surface area contributed by atoms with Crippen LogP contribution >= 0.6 is 0 Å². The van der Waals surface area contributed by atoms with E-state index in [2.05, 4.69) is 0 Å². The van der Waals surface area contributed by atoms with E-state index in [1.165, 1.54) is 10.6 Å². The number of benzene rings is 6. The van der Waals surface area contributed by atoms with Gasteiger partial charge < -0.3 is 0 Å². The van der Waals surface area contributed by atoms with Crippen LogP contribution in [0.2, 0.25) is 0 Å². The highest BCUT2D eigenvalue weighted by atomic mass is 19.4. The molecule has 0 aliphatic carbocycles. The van der Waals surface area contributed by atoms with Gasteiger partial charge in [-0.3, -0.25) is 4.79 Å². The van der Waals surface area contributed by atoms with Gasteiger partial charge in [-0.1, -0.05) is 91.0 Å². The van der Waals surface area contributed by atoms with Crippen molar-refractivity contribution in [1.29, 1.82) is 0 Å². The Hall–Kier alpha value is -7.69. The second kappa shape index (κ2) is 21.7. The Morgan fingerprint density at radius 1 is 0.346 bits per heavy atom. The van der Waals surface area contributed by atoms with Crippen molar-refractivity contribution in [1.82, 2.24) is 0 Å². The zero-order chi connectivity index (χ0) is 61.0. The molecule has 0 bridgehead atoms. The highest BCUT2D eigenvalue weighted by Crippen LogP contribution is 2.41. The molecule has 0 atom stereocenters. The van der Waals surface area contributed by atoms with Gasteiger partial charge in [0.2, 0.25) is 23.5 Å². The van der Waals surface area contributed by atoms with Crippen LogP contribution in [-0.4, -0.2) is 11.9 Å². The normalized spacial score (nSPS) is 13.2. The van der Waals surface area contributed by atoms with Gasteiger partial charge in [0, 0.05) is 23.1 Å². The minimum atomic E-state index is -6.13. The van der Waals surface area contributed by atoms with Crippen molar-refractivity contribution in [2.75, 3.05) is 0 Å². The molecule has 0 N–H and O–H groups in total. The Balaban J connectivity index is 0.000000363. The molecule has 7 rings (SSSR count). The van der Waals surface area contributed by atoms with Gasteiger partial charge in [0.1, 0.15) is 6.15 Å². The molecule has 1 heterocycles. The molecule has 30 heteroatoms. The van der Waals surface area contributed by atoms with Crippen molar-refractivity contribution in [3.63, 3.8) is 0 Å². The number of nitrogens with zero attached hydrogens (tertiary/aromatic N) is 1. The maximum atomic E-state index is 14.2. The number of halogens is 27. The summed E-state index contributed by atoms with van der Waals surface area (Å²) in [6, 6.07) is 9.40. The zero-order valence-corrected chi connectivity index (χ0v) is 39.1. The quantitative estimate of drug-likeness (QED) is 0.0643. The van der Waals surface area contributed by atoms with Crippen molar-refractivity contribution in [2.24, 2.45) is 0 Å². The van der Waals surface area contributed by atoms with Gasteiger partial charge in [-0.2, -0.15) is 145 Å². The van der Waals surface area contributed by atoms with Crippen LogP contribution in [0.1, 0.15) is 60.6 Å². The number of pyridine rings is 1. The second-order valence-corrected chi connectivity index (χ2v) is 17.5. The van der Waals surface area contributed by atoms with E-state index >= 15 is 0 Å². The molecule has 0 unspecified atom stereocenters. The SMILES string of the molecule is FC(F)(F)c1cc([B-](c2cc(C(F)(F)F)cc(C(F)(F)F)c2)(c2cc(C(F)(F)F)cc(C(F)(F)F)c2)c2cc(C(F)(F)F)cc(C(F)(F)F)c2)cc(C(F)(F)F)c1.O=C(C[n+]1c(C(F)=C(F)F)ccc2ccccc21)c1ccccc1. The van der Waals surface area contributed by atoms with E-state index in [0.717, 1.165) is 5.39 Å². The standard InChI is InChI=1S/C32H12BF24.C19H13F3NO/c34-25(35,36)13-1-14(26(37,38)39)6-21(5-13)33(22-7-15(27(40,41)42)2-16(8-22)28(43,44)45,23-9-17(29(46,47)48)3-18(10-23)30(49,50)51)24-11-19(31(52,53)54)4-20(12-24)32(55,56)57;20-18(19(21)22)16-11-10-13-6-4-5-9-15(13)23(16)12-17(24)14-7-2-1-3-8-14/h1-12H;1-11H,12H2/q-1;+1. The van der Waals surface area contributed by atoms with Crippen LogP contribution in [0.5, 0.6) is 0 Å². The van der Waals surface area contributed by atoms with Gasteiger partial charge in [-0.05, 0) is 36.4 Å². The number of fused-ring (bicyclic) bond motifs is 1. The van der Waals surface area contributed by atoms with E-state index in [1.54, 1.807) is 60.7 Å². The molecule has 0 aliphatic heterocycles. The van der Waals surface area contributed by atoms with E-state index < -0.39 is 207 Å². The van der Waals surface area contributed by atoms with Crippen LogP contribution in [0, 0.1) is 0 Å². The lowest BCUT2D eigenvalue weighted by molar-refractivity contribution is -0.660. The lowest BCUT2D eigenvalue weighted by atomic mass is 9.12. The molecule has 2 nitrogen and oxygen atoms in total. The third kappa shape index (κ3) is 13.9. The number of alkyl halides is 24. The predicted molar refractivity (Wildman–Crippen MR) is 235 cm³/mol. The number of rotatable bonds is 8. The monoisotopic (exact) mass is 1190 g/mol. The first-order valence-corrected chi connectivity index (χ1v) is 21.9. The fourth-order valence-corrected chi connectivity index (χ4v) is 8.65. The van der Waals surface area contributed by atoms with Gasteiger partial charge in [0.25, 0.3) is 5.83 Å². The Labute approximate surface area is 435 Å². The van der Waals surface area contributed by atoms with Crippen molar-refractivity contribution in [3.05, 3.63) is 201 Å². The predicted octanol–water partition coefficient (Wildman–Crippen LogP) is 15.8. The highest BCUT2D eigenvalue weighted by Gasteiger charge is 2.47. The number of hydrogen-bond acceptors (Lipinski definition) is 1. The highest BCUT2D eigenvalue weighted by molar-refractivity contribution is 7.20. The molecule has 0 amide bonds. The zero-order valence-electron chi connectivity index (χ0n) is 39.1. The van der Waals surface area contributed by atoms with Gasteiger partial charge in [-0.25, -0.2) is 0 Å². The summed E-state index contributed by atoms with van der Waals surface area (Å²) in [6.45, 7) is -0.235. The van der Waals surface area contributed by atoms with Crippen LogP contribution in [0.3, 0.4) is 0 Å². The Bertz CT molecular complexity index is 3070. The molecule has 81 heavy (non-hydrogen) atoms. The summed E-state index contributed by atoms with van der Waals surface area (Å²) in [5.41, 5.74) is -29.6. The van der Waals surface area contributed by atoms with E-state index in [4.69, 9.17) is 0 Å². The summed E-state index contributed by atoms with van der Waals surface area (Å²) in [4.78, 5) is 12.5. The van der Waals surface area contributed by atoms with Crippen LogP contribution in [0.4, 0.5) is 119 Å². The van der Waals surface area contributed by atoms with Crippen molar-refractivity contribution in [2.45, 2.75) is 56.0 Å². The molecule has 1 aromatic heterocycles. The number of hydrogen-bond donors (Lipinski definition) is 0. The number of ketones is 1. The van der Waals surface area contributed by atoms with Crippen molar-refractivity contribution >= 4 is 50.5 Å². The number of aromatic nitrogens is 1. The molecule has 0 fully saturated rings. The molecular weight excluding hydrogens is 1170 g/mol. The molecule has 432 valence electrons. The first-order chi connectivity index (χ1) is 36.8. The van der Waals surface area contributed by atoms with Crippen molar-refractivity contribution < 1.29 is 128 Å². The Morgan fingerprint density at radius 3 is 0.889 bits per heavy atom. The molecule has 0 radical (unpaired) electrons. The summed E-state index contributed by atoms with van der Waals surface area (Å²) in [5.74, 6) is -1.91. The van der Waals surface area contributed by atoms with Gasteiger partial charge in [0.05, 0.1) is 44.5 Å². The topological polar surface area (TPSA) is 20.9 Å². The minimum absolute atomic E-state index is 0.235. The summed E-state index contributed by atoms with van der Waals surface area (Å²) >= 11 is 0. The van der Waals surface area contributed by atoms with Crippen LogP contribution in [0.15, 0.2) is 146 Å². The first kappa shape index (κ1) is 62.5. The second-order valence-electron chi connectivity index (χ2n) is 17.5. The van der Waals surface area contributed by atoms with E-state index in [0.29, 0.717) is 11.1 Å². The van der Waals surface area contributed by atoms with E-state index in [9.17, 15) is 123 Å². The number of Topliss-reactive ketones (excluding diaryl/α,β-unsaturated/α-hetero) is 1. The Morgan fingerprint density at radius 2 is 0.617 bits per heavy atom. The van der Waals surface area contributed by atoms with Crippen LogP contribution < -0.4 is 26.4 Å². The average molecular weight is 1190 g/mol. The molecule has 0 spiro atoms. The smallest absolute Gasteiger partial charge is 0.287 e. The summed E-state index contributed by atoms with van der Waals surface area (Å²) < 4.78 is 382. The lowest BCUT2D eigenvalue weighted by Gasteiger charge is -2.46. The van der Waals surface area contributed by atoms with Crippen molar-refractivity contribution in [3.8, 4) is 0 Å². The number of carbonyl (C=O) groups excluding carboxylic acids is 1.